The van der Waals surface area contributed by atoms with Gasteiger partial charge in [0.05, 0.1) is 38.5 Å². The third kappa shape index (κ3) is 5.46. The van der Waals surface area contributed by atoms with E-state index in [0.717, 1.165) is 7.11 Å². The van der Waals surface area contributed by atoms with Crippen molar-refractivity contribution in [3.8, 4) is 0 Å². The minimum absolute atomic E-state index is 0.0361. The van der Waals surface area contributed by atoms with Crippen molar-refractivity contribution in [2.45, 2.75) is 50.3 Å². The summed E-state index contributed by atoms with van der Waals surface area (Å²) in [5.74, 6) is -0.510. The number of aliphatic hydroxyl groups excluding tert-OH is 2. The normalized spacial score (nSPS) is 22.1. The summed E-state index contributed by atoms with van der Waals surface area (Å²) in [6, 6.07) is -1.05. The highest BCUT2D eigenvalue weighted by atomic mass is 31.2. The highest BCUT2D eigenvalue weighted by molar-refractivity contribution is 7.46. The van der Waals surface area contributed by atoms with Crippen LogP contribution >= 0.6 is 7.82 Å². The zero-order valence-corrected chi connectivity index (χ0v) is 22.7. The Morgan fingerprint density at radius 3 is 2.55 bits per heavy atom. The Morgan fingerprint density at radius 1 is 1.23 bits per heavy atom. The molecule has 0 radical (unpaired) electrons. The lowest BCUT2D eigenvalue weighted by Crippen LogP contribution is -2.41. The van der Waals surface area contributed by atoms with Crippen LogP contribution in [0.25, 0.3) is 16.9 Å². The topological polar surface area (TPSA) is 238 Å². The molecule has 0 aromatic carbocycles. The lowest BCUT2D eigenvalue weighted by Gasteiger charge is -2.18. The number of nitrogens with zero attached hydrogens (tertiary/aromatic N) is 5. The molecule has 3 aromatic rings. The monoisotopic (exact) mass is 588 g/mol. The summed E-state index contributed by atoms with van der Waals surface area (Å²) >= 11 is 0. The molecule has 5 N–H and O–H groups in total. The summed E-state index contributed by atoms with van der Waals surface area (Å²) in [6.07, 6.45) is -5.09. The van der Waals surface area contributed by atoms with Crippen molar-refractivity contribution in [3.05, 3.63) is 28.1 Å². The summed E-state index contributed by atoms with van der Waals surface area (Å²) in [5, 5.41) is 23.4. The van der Waals surface area contributed by atoms with E-state index in [0.29, 0.717) is 11.4 Å². The average Bonchev–Trinajstić information content (AvgIpc) is 3.57. The first-order valence-corrected chi connectivity index (χ1v) is 13.4. The van der Waals surface area contributed by atoms with Crippen LogP contribution in [0.3, 0.4) is 0 Å². The quantitative estimate of drug-likeness (QED) is 0.138. The number of fused-ring (bicyclic) bond motifs is 2. The number of carbonyl (C=O) groups excluding carboxylic acids is 2. The number of rotatable bonds is 9. The summed E-state index contributed by atoms with van der Waals surface area (Å²) in [6.45, 7) is 0.968. The van der Waals surface area contributed by atoms with Crippen LogP contribution < -0.4 is 10.9 Å². The number of carbonyl (C=O) groups is 2. The largest absolute Gasteiger partial charge is 0.469 e. The summed E-state index contributed by atoms with van der Waals surface area (Å²) in [4.78, 5) is 64.0. The van der Waals surface area contributed by atoms with Gasteiger partial charge in [-0.15, -0.1) is 0 Å². The molecule has 4 heterocycles. The van der Waals surface area contributed by atoms with E-state index in [2.05, 4.69) is 24.5 Å². The number of aryl methyl sites for hydroxylation is 3. The van der Waals surface area contributed by atoms with Gasteiger partial charge in [0.25, 0.3) is 5.56 Å². The Hall–Kier alpha value is -3.38. The fourth-order valence-corrected chi connectivity index (χ4v) is 4.98. The van der Waals surface area contributed by atoms with E-state index in [1.54, 1.807) is 14.0 Å². The molecule has 1 aliphatic heterocycles. The summed E-state index contributed by atoms with van der Waals surface area (Å²) in [7, 11) is -0.940. The molecule has 5 unspecified atom stereocenters. The number of phosphoric ester groups is 1. The number of imidazole rings is 2. The van der Waals surface area contributed by atoms with E-state index < -0.39 is 62.6 Å². The smallest absolute Gasteiger partial charge is 0.467 e. The maximum Gasteiger partial charge on any atom is 0.469 e. The fourth-order valence-electron chi connectivity index (χ4n) is 4.64. The molecular formula is C21H29N6O12P. The Balaban J connectivity index is 1.70. The second-order valence-electron chi connectivity index (χ2n) is 9.05. The molecule has 3 aromatic heterocycles. The van der Waals surface area contributed by atoms with Crippen molar-refractivity contribution in [2.75, 3.05) is 20.8 Å². The van der Waals surface area contributed by atoms with Crippen LogP contribution in [0.5, 0.6) is 0 Å². The maximum absolute atomic E-state index is 13.6. The van der Waals surface area contributed by atoms with Crippen LogP contribution in [0.4, 0.5) is 4.79 Å². The number of aromatic nitrogens is 5. The van der Waals surface area contributed by atoms with Gasteiger partial charge >= 0.3 is 19.9 Å². The van der Waals surface area contributed by atoms with Crippen molar-refractivity contribution in [2.24, 2.45) is 7.05 Å². The molecule has 0 bridgehead atoms. The fraction of sp³-hybridized carbons (Fsp3) is 0.571. The molecule has 0 spiro atoms. The number of ether oxygens (including phenoxy) is 3. The second-order valence-corrected chi connectivity index (χ2v) is 10.3. The highest BCUT2D eigenvalue weighted by Crippen LogP contribution is 2.38. The predicted molar refractivity (Wildman–Crippen MR) is 132 cm³/mol. The molecular weight excluding hydrogens is 559 g/mol. The standard InChI is InChI=1S/C21H29N6O12P/c1-9-11(6-5-10(19(31)36-3)24-21(32)37-4)27-17(30)13-16(25(2)20(27)23-9)26(8-22-13)18-15(29)14(28)12(39-18)7-38-40(33,34)35/h8,10,12,14-15,18,28-29H,5-7H2,1-4H3,(H,24,32)(H2,33,34,35). The molecule has 19 heteroatoms. The van der Waals surface area contributed by atoms with E-state index in [9.17, 15) is 29.2 Å². The van der Waals surface area contributed by atoms with E-state index in [1.165, 1.54) is 27.0 Å². The molecule has 0 aliphatic carbocycles. The van der Waals surface area contributed by atoms with Gasteiger partial charge in [-0.2, -0.15) is 0 Å². The van der Waals surface area contributed by atoms with Crippen LogP contribution in [0.2, 0.25) is 0 Å². The lowest BCUT2D eigenvalue weighted by molar-refractivity contribution is -0.143. The number of hydrogen-bond donors (Lipinski definition) is 5. The van der Waals surface area contributed by atoms with Crippen LogP contribution in [0.15, 0.2) is 11.1 Å². The third-order valence-corrected chi connectivity index (χ3v) is 7.08. The first-order chi connectivity index (χ1) is 18.8. The van der Waals surface area contributed by atoms with E-state index in [4.69, 9.17) is 19.3 Å². The van der Waals surface area contributed by atoms with E-state index >= 15 is 0 Å². The second kappa shape index (κ2) is 11.2. The maximum atomic E-state index is 13.6. The van der Waals surface area contributed by atoms with Crippen molar-refractivity contribution >= 4 is 36.8 Å². The minimum atomic E-state index is -4.86. The zero-order valence-electron chi connectivity index (χ0n) is 21.8. The first-order valence-electron chi connectivity index (χ1n) is 11.9. The Kier molecular flexibility index (Phi) is 8.32. The number of aliphatic hydroxyl groups is 2. The van der Waals surface area contributed by atoms with E-state index in [-0.39, 0.29) is 29.8 Å². The molecule has 4 rings (SSSR count). The van der Waals surface area contributed by atoms with Crippen molar-refractivity contribution < 1.29 is 52.9 Å². The van der Waals surface area contributed by atoms with Crippen molar-refractivity contribution in [1.82, 2.24) is 28.8 Å². The number of phosphoric acid groups is 1. The summed E-state index contributed by atoms with van der Waals surface area (Å²) in [5.41, 5.74) is 0.501. The van der Waals surface area contributed by atoms with Crippen LogP contribution in [0, 0.1) is 6.92 Å². The molecule has 18 nitrogen and oxygen atoms in total. The number of alkyl carbamates (subject to hydrolysis) is 1. The third-order valence-electron chi connectivity index (χ3n) is 6.60. The average molecular weight is 588 g/mol. The van der Waals surface area contributed by atoms with Crippen molar-refractivity contribution in [3.63, 3.8) is 0 Å². The van der Waals surface area contributed by atoms with Crippen LogP contribution in [-0.4, -0.2) is 101 Å². The van der Waals surface area contributed by atoms with Crippen LogP contribution in [0.1, 0.15) is 24.0 Å². The number of nitrogens with one attached hydrogen (secondary N) is 1. The van der Waals surface area contributed by atoms with Gasteiger partial charge in [-0.25, -0.2) is 28.5 Å². The molecule has 1 fully saturated rings. The number of amides is 1. The van der Waals surface area contributed by atoms with Gasteiger partial charge < -0.3 is 39.5 Å². The Labute approximate surface area is 225 Å². The number of methoxy groups -OCH3 is 2. The molecule has 0 saturated carbocycles. The van der Waals surface area contributed by atoms with Gasteiger partial charge in [0.1, 0.15) is 24.4 Å². The first kappa shape index (κ1) is 29.6. The van der Waals surface area contributed by atoms with Crippen molar-refractivity contribution in [1.29, 1.82) is 0 Å². The predicted octanol–water partition coefficient (Wildman–Crippen LogP) is -1.75. The van der Waals surface area contributed by atoms with Gasteiger partial charge in [-0.1, -0.05) is 0 Å². The van der Waals surface area contributed by atoms with E-state index in [1.807, 2.05) is 0 Å². The summed E-state index contributed by atoms with van der Waals surface area (Å²) < 4.78 is 34.5. The van der Waals surface area contributed by atoms with Gasteiger partial charge in [0.15, 0.2) is 17.4 Å². The number of esters is 1. The lowest BCUT2D eigenvalue weighted by atomic mass is 10.1. The highest BCUT2D eigenvalue weighted by Gasteiger charge is 2.45. The molecule has 220 valence electrons. The molecule has 1 aliphatic rings. The zero-order chi connectivity index (χ0) is 29.5. The van der Waals surface area contributed by atoms with Crippen LogP contribution in [-0.2, 0) is 41.6 Å². The van der Waals surface area contributed by atoms with Gasteiger partial charge in [0, 0.05) is 7.05 Å². The van der Waals surface area contributed by atoms with Gasteiger partial charge in [-0.3, -0.25) is 18.5 Å². The molecule has 1 saturated heterocycles. The Morgan fingerprint density at radius 2 is 1.93 bits per heavy atom. The molecule has 1 amide bonds. The van der Waals surface area contributed by atoms with Gasteiger partial charge in [-0.05, 0) is 19.8 Å². The molecule has 5 atom stereocenters. The Bertz CT molecular complexity index is 1540. The molecule has 40 heavy (non-hydrogen) atoms. The minimum Gasteiger partial charge on any atom is -0.467 e. The van der Waals surface area contributed by atoms with Gasteiger partial charge in [0.2, 0.25) is 5.78 Å². The number of hydrogen-bond acceptors (Lipinski definition) is 12. The SMILES string of the molecule is COC(=O)NC(CCc1c(C)nc2n(C)c3c(ncn3C3OC(COP(=O)(O)O)C(O)C3O)c(=O)n12)C(=O)OC.